The van der Waals surface area contributed by atoms with Crippen molar-refractivity contribution >= 4 is 17.6 Å². The van der Waals surface area contributed by atoms with Crippen molar-refractivity contribution in [3.05, 3.63) is 36.4 Å². The lowest BCUT2D eigenvalue weighted by molar-refractivity contribution is -0.151. The fourth-order valence-corrected chi connectivity index (χ4v) is 4.77. The lowest BCUT2D eigenvalue weighted by Crippen LogP contribution is -2.52. The maximum absolute atomic E-state index is 13.1. The molecule has 0 spiro atoms. The number of para-hydroxylation sites is 2. The lowest BCUT2D eigenvalue weighted by Gasteiger charge is -2.39. The molecule has 4 atom stereocenters. The van der Waals surface area contributed by atoms with E-state index in [1.54, 1.807) is 7.11 Å². The zero-order valence-electron chi connectivity index (χ0n) is 14.9. The lowest BCUT2D eigenvalue weighted by atomic mass is 9.82. The third-order valence-corrected chi connectivity index (χ3v) is 6.05. The second-order valence-corrected chi connectivity index (χ2v) is 7.32. The van der Waals surface area contributed by atoms with E-state index in [1.165, 1.54) is 0 Å². The summed E-state index contributed by atoms with van der Waals surface area (Å²) in [6, 6.07) is 7.88. The monoisotopic (exact) mass is 356 g/mol. The number of amides is 1. The molecule has 1 saturated heterocycles. The van der Waals surface area contributed by atoms with Crippen molar-refractivity contribution < 1.29 is 19.4 Å². The van der Waals surface area contributed by atoms with Gasteiger partial charge in [0.25, 0.3) is 0 Å². The summed E-state index contributed by atoms with van der Waals surface area (Å²) in [4.78, 5) is 28.8. The molecule has 6 nitrogen and oxygen atoms in total. The minimum absolute atomic E-state index is 0.00827. The van der Waals surface area contributed by atoms with Crippen LogP contribution in [-0.4, -0.2) is 55.2 Å². The van der Waals surface area contributed by atoms with Crippen LogP contribution in [0, 0.1) is 23.7 Å². The second-order valence-electron chi connectivity index (χ2n) is 7.32. The van der Waals surface area contributed by atoms with Gasteiger partial charge < -0.3 is 19.6 Å². The summed E-state index contributed by atoms with van der Waals surface area (Å²) >= 11 is 0. The zero-order valence-corrected chi connectivity index (χ0v) is 14.9. The molecule has 26 heavy (non-hydrogen) atoms. The highest BCUT2D eigenvalue weighted by atomic mass is 16.5. The van der Waals surface area contributed by atoms with Crippen molar-refractivity contribution in [2.75, 3.05) is 38.2 Å². The molecule has 1 aromatic rings. The summed E-state index contributed by atoms with van der Waals surface area (Å²) < 4.78 is 5.43. The third kappa shape index (κ3) is 2.73. The minimum atomic E-state index is -0.840. The Morgan fingerprint density at radius 2 is 1.69 bits per heavy atom. The minimum Gasteiger partial charge on any atom is -0.495 e. The van der Waals surface area contributed by atoms with Crippen LogP contribution in [0.5, 0.6) is 5.75 Å². The van der Waals surface area contributed by atoms with Crippen molar-refractivity contribution in [1.82, 2.24) is 4.90 Å². The maximum atomic E-state index is 13.1. The van der Waals surface area contributed by atoms with Crippen LogP contribution in [0.2, 0.25) is 0 Å². The molecule has 1 heterocycles. The first-order valence-electron chi connectivity index (χ1n) is 9.18. The number of anilines is 1. The summed E-state index contributed by atoms with van der Waals surface area (Å²) in [6.45, 7) is 2.67. The van der Waals surface area contributed by atoms with Crippen molar-refractivity contribution in [2.45, 2.75) is 6.42 Å². The first-order valence-corrected chi connectivity index (χ1v) is 9.18. The van der Waals surface area contributed by atoms with Gasteiger partial charge in [-0.05, 0) is 30.4 Å². The number of benzene rings is 1. The Balaban J connectivity index is 1.44. The number of allylic oxidation sites excluding steroid dienone is 2. The normalized spacial score (nSPS) is 29.9. The predicted octanol–water partition coefficient (Wildman–Crippen LogP) is 1.87. The molecule has 0 aromatic heterocycles. The van der Waals surface area contributed by atoms with Gasteiger partial charge >= 0.3 is 5.97 Å². The number of hydrogen-bond acceptors (Lipinski definition) is 4. The summed E-state index contributed by atoms with van der Waals surface area (Å²) in [5.74, 6) is -0.870. The van der Waals surface area contributed by atoms with Crippen LogP contribution in [0.4, 0.5) is 5.69 Å². The van der Waals surface area contributed by atoms with Gasteiger partial charge in [-0.3, -0.25) is 9.59 Å². The summed E-state index contributed by atoms with van der Waals surface area (Å²) in [5, 5.41) is 9.57. The summed E-state index contributed by atoms with van der Waals surface area (Å²) in [7, 11) is 1.66. The summed E-state index contributed by atoms with van der Waals surface area (Å²) in [6.07, 6.45) is 4.82. The first kappa shape index (κ1) is 16.9. The van der Waals surface area contributed by atoms with Crippen LogP contribution in [-0.2, 0) is 9.59 Å². The van der Waals surface area contributed by atoms with Gasteiger partial charge in [0.05, 0.1) is 24.6 Å². The highest BCUT2D eigenvalue weighted by Gasteiger charge is 2.52. The van der Waals surface area contributed by atoms with Gasteiger partial charge in [-0.2, -0.15) is 0 Å². The number of carbonyl (C=O) groups excluding carboxylic acids is 1. The number of hydrogen-bond donors (Lipinski definition) is 1. The number of aliphatic carboxylic acids is 1. The topological polar surface area (TPSA) is 70.1 Å². The van der Waals surface area contributed by atoms with E-state index in [0.717, 1.165) is 30.9 Å². The van der Waals surface area contributed by atoms with Crippen LogP contribution in [0.15, 0.2) is 36.4 Å². The fourth-order valence-electron chi connectivity index (χ4n) is 4.77. The fraction of sp³-hybridized carbons (Fsp3) is 0.500. The highest BCUT2D eigenvalue weighted by molar-refractivity contribution is 5.87. The van der Waals surface area contributed by atoms with E-state index in [-0.39, 0.29) is 17.7 Å². The molecule has 1 aliphatic heterocycles. The molecule has 138 valence electrons. The molecule has 1 saturated carbocycles. The van der Waals surface area contributed by atoms with E-state index in [9.17, 15) is 14.7 Å². The molecule has 3 aliphatic rings. The van der Waals surface area contributed by atoms with Crippen molar-refractivity contribution in [2.24, 2.45) is 23.7 Å². The number of carbonyl (C=O) groups is 2. The van der Waals surface area contributed by atoms with Crippen molar-refractivity contribution in [1.29, 1.82) is 0 Å². The van der Waals surface area contributed by atoms with E-state index in [0.29, 0.717) is 13.1 Å². The van der Waals surface area contributed by atoms with E-state index in [1.807, 2.05) is 41.3 Å². The molecule has 2 bridgehead atoms. The quantitative estimate of drug-likeness (QED) is 0.834. The van der Waals surface area contributed by atoms with Crippen molar-refractivity contribution in [3.63, 3.8) is 0 Å². The molecule has 1 aromatic carbocycles. The molecular formula is C20H24N2O4. The van der Waals surface area contributed by atoms with Gasteiger partial charge in [-0.25, -0.2) is 0 Å². The number of rotatable bonds is 4. The van der Waals surface area contributed by atoms with Gasteiger partial charge in [0, 0.05) is 26.2 Å². The molecular weight excluding hydrogens is 332 g/mol. The third-order valence-electron chi connectivity index (χ3n) is 6.05. The van der Waals surface area contributed by atoms with E-state index < -0.39 is 17.8 Å². The Morgan fingerprint density at radius 3 is 2.35 bits per heavy atom. The van der Waals surface area contributed by atoms with Crippen LogP contribution in [0.3, 0.4) is 0 Å². The Morgan fingerprint density at radius 1 is 1.04 bits per heavy atom. The Labute approximate surface area is 153 Å². The number of nitrogens with zero attached hydrogens (tertiary/aromatic N) is 2. The van der Waals surface area contributed by atoms with Crippen LogP contribution >= 0.6 is 0 Å². The van der Waals surface area contributed by atoms with Gasteiger partial charge in [0.15, 0.2) is 0 Å². The molecule has 4 rings (SSSR count). The molecule has 1 N–H and O–H groups in total. The number of piperazine rings is 1. The Kier molecular flexibility index (Phi) is 4.34. The highest BCUT2D eigenvalue weighted by Crippen LogP contribution is 2.48. The second kappa shape index (κ2) is 6.67. The van der Waals surface area contributed by atoms with Crippen LogP contribution in [0.25, 0.3) is 0 Å². The van der Waals surface area contributed by atoms with Gasteiger partial charge in [0.2, 0.25) is 5.91 Å². The average molecular weight is 356 g/mol. The Hall–Kier alpha value is -2.50. The van der Waals surface area contributed by atoms with Gasteiger partial charge in [-0.1, -0.05) is 24.3 Å². The van der Waals surface area contributed by atoms with Crippen LogP contribution < -0.4 is 9.64 Å². The number of carboxylic acid groups (broad SMARTS) is 1. The molecule has 2 aliphatic carbocycles. The number of carboxylic acids is 1. The average Bonchev–Trinajstić information content (AvgIpc) is 3.29. The molecule has 2 fully saturated rings. The van der Waals surface area contributed by atoms with E-state index >= 15 is 0 Å². The Bertz CT molecular complexity index is 739. The molecule has 6 heteroatoms. The maximum Gasteiger partial charge on any atom is 0.307 e. The zero-order chi connectivity index (χ0) is 18.3. The first-order chi connectivity index (χ1) is 12.6. The molecule has 0 unspecified atom stereocenters. The SMILES string of the molecule is COc1ccccc1N1CCN(C(=O)[C@@H]2[C@@H](C(=O)O)[C@@H]3C=C[C@@H]2C3)CC1. The number of fused-ring (bicyclic) bond motifs is 2. The molecule has 0 radical (unpaired) electrons. The summed E-state index contributed by atoms with van der Waals surface area (Å²) in [5.41, 5.74) is 1.04. The van der Waals surface area contributed by atoms with Gasteiger partial charge in [-0.15, -0.1) is 0 Å². The van der Waals surface area contributed by atoms with Crippen LogP contribution in [0.1, 0.15) is 6.42 Å². The largest absolute Gasteiger partial charge is 0.495 e. The van der Waals surface area contributed by atoms with E-state index in [4.69, 9.17) is 4.74 Å². The molecule has 1 amide bonds. The van der Waals surface area contributed by atoms with E-state index in [2.05, 4.69) is 4.90 Å². The van der Waals surface area contributed by atoms with Crippen molar-refractivity contribution in [3.8, 4) is 5.75 Å². The predicted molar refractivity (Wildman–Crippen MR) is 97.1 cm³/mol. The smallest absolute Gasteiger partial charge is 0.307 e. The van der Waals surface area contributed by atoms with Gasteiger partial charge in [0.1, 0.15) is 5.75 Å². The number of ether oxygens (including phenoxy) is 1. The number of methoxy groups -OCH3 is 1. The standard InChI is InChI=1S/C20H24N2O4/c1-26-16-5-3-2-4-15(16)21-8-10-22(11-9-21)19(23)17-13-6-7-14(12-13)18(17)20(24)25/h2-7,13-14,17-18H,8-12H2,1H3,(H,24,25)/t13-,14-,17+,18+/m1/s1.